The molecule has 0 atom stereocenters. The normalized spacial score (nSPS) is 16.4. The molecule has 0 spiro atoms. The Morgan fingerprint density at radius 2 is 1.43 bits per heavy atom. The molecule has 0 aliphatic carbocycles. The zero-order valence-corrected chi connectivity index (χ0v) is 16.7. The van der Waals surface area contributed by atoms with Gasteiger partial charge in [-0.05, 0) is 31.0 Å². The number of rotatable bonds is 7. The van der Waals surface area contributed by atoms with Crippen molar-refractivity contribution in [3.63, 3.8) is 0 Å². The Hall–Kier alpha value is -1.65. The summed E-state index contributed by atoms with van der Waals surface area (Å²) in [5.41, 5.74) is -4.92. The number of hydrogen-bond acceptors (Lipinski definition) is 3. The van der Waals surface area contributed by atoms with Gasteiger partial charge in [-0.15, -0.1) is 0 Å². The second kappa shape index (κ2) is 8.84. The van der Waals surface area contributed by atoms with Crippen molar-refractivity contribution in [2.45, 2.75) is 35.7 Å². The Morgan fingerprint density at radius 1 is 0.833 bits per heavy atom. The minimum atomic E-state index is -5.90. The summed E-state index contributed by atoms with van der Waals surface area (Å²) < 4.78 is 85.8. The van der Waals surface area contributed by atoms with E-state index >= 15 is 0 Å². The van der Waals surface area contributed by atoms with Gasteiger partial charge in [0.05, 0.1) is 13.2 Å². The summed E-state index contributed by atoms with van der Waals surface area (Å²) in [7, 11) is 0.169. The van der Waals surface area contributed by atoms with Crippen molar-refractivity contribution in [1.29, 1.82) is 0 Å². The molecule has 3 nitrogen and oxygen atoms in total. The fourth-order valence-electron chi connectivity index (χ4n) is 3.25. The molecule has 0 saturated carbocycles. The molecule has 1 heterocycles. The van der Waals surface area contributed by atoms with E-state index in [-0.39, 0.29) is 17.5 Å². The Kier molecular flexibility index (Phi) is 6.78. The topological polar surface area (TPSA) is 38.7 Å². The Bertz CT molecular complexity index is 848. The van der Waals surface area contributed by atoms with Crippen molar-refractivity contribution < 1.29 is 40.9 Å². The SMILES string of the molecule is OC(COCCOc1ccc([S+]2CCCC2)c2ccccc12)(C(F)(F)F)C(F)(F)F. The van der Waals surface area contributed by atoms with E-state index in [1.54, 1.807) is 6.07 Å². The fraction of sp³-hybridized carbons (Fsp3) is 0.500. The van der Waals surface area contributed by atoms with Crippen molar-refractivity contribution >= 4 is 21.7 Å². The molecule has 2 aromatic carbocycles. The number of hydrogen-bond donors (Lipinski definition) is 1. The van der Waals surface area contributed by atoms with E-state index in [9.17, 15) is 26.3 Å². The van der Waals surface area contributed by atoms with E-state index in [0.717, 1.165) is 22.3 Å². The Morgan fingerprint density at radius 3 is 2.03 bits per heavy atom. The van der Waals surface area contributed by atoms with Gasteiger partial charge in [0.1, 0.15) is 23.9 Å². The number of halogens is 6. The van der Waals surface area contributed by atoms with Crippen LogP contribution in [0.15, 0.2) is 41.3 Å². The van der Waals surface area contributed by atoms with E-state index < -0.39 is 31.2 Å². The van der Waals surface area contributed by atoms with Gasteiger partial charge in [-0.3, -0.25) is 0 Å². The van der Waals surface area contributed by atoms with Crippen LogP contribution in [0.2, 0.25) is 0 Å². The lowest BCUT2D eigenvalue weighted by molar-refractivity contribution is -0.378. The molecule has 0 aromatic heterocycles. The zero-order chi connectivity index (χ0) is 22.0. The molecule has 166 valence electrons. The summed E-state index contributed by atoms with van der Waals surface area (Å²) in [6, 6.07) is 11.3. The Labute approximate surface area is 172 Å². The van der Waals surface area contributed by atoms with Gasteiger partial charge < -0.3 is 14.6 Å². The van der Waals surface area contributed by atoms with E-state index in [4.69, 9.17) is 9.84 Å². The Balaban J connectivity index is 1.64. The molecular weight excluding hydrogens is 434 g/mol. The summed E-state index contributed by atoms with van der Waals surface area (Å²) in [4.78, 5) is 1.24. The molecule has 1 aliphatic rings. The van der Waals surface area contributed by atoms with Gasteiger partial charge in [-0.1, -0.05) is 18.2 Å². The lowest BCUT2D eigenvalue weighted by Gasteiger charge is -2.31. The average molecular weight is 455 g/mol. The molecule has 1 aliphatic heterocycles. The van der Waals surface area contributed by atoms with E-state index in [1.165, 1.54) is 17.7 Å². The quantitative estimate of drug-likeness (QED) is 0.368. The van der Waals surface area contributed by atoms with Gasteiger partial charge in [0, 0.05) is 21.7 Å². The van der Waals surface area contributed by atoms with Crippen LogP contribution in [0.3, 0.4) is 0 Å². The predicted molar refractivity (Wildman–Crippen MR) is 102 cm³/mol. The molecule has 1 saturated heterocycles. The van der Waals surface area contributed by atoms with Crippen LogP contribution in [0.1, 0.15) is 12.8 Å². The maximum Gasteiger partial charge on any atom is 0.428 e. The van der Waals surface area contributed by atoms with E-state index in [0.29, 0.717) is 5.75 Å². The minimum Gasteiger partial charge on any atom is -0.491 e. The molecule has 10 heteroatoms. The van der Waals surface area contributed by atoms with Crippen LogP contribution in [-0.2, 0) is 15.6 Å². The lowest BCUT2D eigenvalue weighted by atomic mass is 10.1. The molecule has 0 bridgehead atoms. The number of aliphatic hydroxyl groups is 1. The number of alkyl halides is 6. The maximum absolute atomic E-state index is 12.6. The van der Waals surface area contributed by atoms with Crippen molar-refractivity contribution in [2.24, 2.45) is 0 Å². The van der Waals surface area contributed by atoms with Gasteiger partial charge in [-0.2, -0.15) is 26.3 Å². The fourth-order valence-corrected chi connectivity index (χ4v) is 5.75. The van der Waals surface area contributed by atoms with Crippen molar-refractivity contribution in [2.75, 3.05) is 31.3 Å². The smallest absolute Gasteiger partial charge is 0.428 e. The molecule has 1 fully saturated rings. The monoisotopic (exact) mass is 455 g/mol. The first kappa shape index (κ1) is 23.0. The second-order valence-electron chi connectivity index (χ2n) is 6.97. The van der Waals surface area contributed by atoms with Crippen molar-refractivity contribution in [1.82, 2.24) is 0 Å². The first-order valence-corrected chi connectivity index (χ1v) is 10.9. The number of ether oxygens (including phenoxy) is 2. The van der Waals surface area contributed by atoms with Gasteiger partial charge in [0.15, 0.2) is 4.90 Å². The summed E-state index contributed by atoms with van der Waals surface area (Å²) in [5, 5.41) is 10.9. The van der Waals surface area contributed by atoms with Crippen LogP contribution in [0.25, 0.3) is 10.8 Å². The van der Waals surface area contributed by atoms with Gasteiger partial charge in [0.2, 0.25) is 0 Å². The van der Waals surface area contributed by atoms with Gasteiger partial charge in [0.25, 0.3) is 5.60 Å². The van der Waals surface area contributed by atoms with Crippen LogP contribution in [0, 0.1) is 0 Å². The summed E-state index contributed by atoms with van der Waals surface area (Å²) in [5.74, 6) is 2.75. The maximum atomic E-state index is 12.6. The molecule has 1 N–H and O–H groups in total. The van der Waals surface area contributed by atoms with E-state index in [1.807, 2.05) is 30.3 Å². The molecule has 2 aromatic rings. The first-order chi connectivity index (χ1) is 14.0. The molecule has 0 unspecified atom stereocenters. The number of fused-ring (bicyclic) bond motifs is 1. The highest BCUT2D eigenvalue weighted by Gasteiger charge is 2.70. The van der Waals surface area contributed by atoms with Crippen LogP contribution in [-0.4, -0.2) is 54.4 Å². The van der Waals surface area contributed by atoms with Crippen LogP contribution in [0.5, 0.6) is 5.75 Å². The highest BCUT2D eigenvalue weighted by Crippen LogP contribution is 2.43. The number of benzene rings is 2. The van der Waals surface area contributed by atoms with Crippen molar-refractivity contribution in [3.05, 3.63) is 36.4 Å². The van der Waals surface area contributed by atoms with Gasteiger partial charge in [-0.25, -0.2) is 0 Å². The third-order valence-electron chi connectivity index (χ3n) is 4.92. The van der Waals surface area contributed by atoms with Gasteiger partial charge >= 0.3 is 12.4 Å². The lowest BCUT2D eigenvalue weighted by Crippen LogP contribution is -2.60. The van der Waals surface area contributed by atoms with Crippen LogP contribution < -0.4 is 4.74 Å². The third kappa shape index (κ3) is 4.65. The largest absolute Gasteiger partial charge is 0.491 e. The molecule has 0 radical (unpaired) electrons. The minimum absolute atomic E-state index is 0.169. The summed E-state index contributed by atoms with van der Waals surface area (Å²) in [6.45, 7) is -2.76. The highest BCUT2D eigenvalue weighted by atomic mass is 32.2. The average Bonchev–Trinajstić information content (AvgIpc) is 3.20. The second-order valence-corrected chi connectivity index (χ2v) is 9.21. The summed E-state index contributed by atoms with van der Waals surface area (Å²) in [6.07, 6.45) is -9.43. The molecule has 30 heavy (non-hydrogen) atoms. The third-order valence-corrected chi connectivity index (χ3v) is 7.46. The van der Waals surface area contributed by atoms with Crippen LogP contribution >= 0.6 is 0 Å². The summed E-state index contributed by atoms with van der Waals surface area (Å²) >= 11 is 0. The zero-order valence-electron chi connectivity index (χ0n) is 15.9. The molecule has 3 rings (SSSR count). The van der Waals surface area contributed by atoms with E-state index in [2.05, 4.69) is 4.74 Å². The molecule has 0 amide bonds. The van der Waals surface area contributed by atoms with Crippen molar-refractivity contribution in [3.8, 4) is 5.75 Å². The first-order valence-electron chi connectivity index (χ1n) is 9.30. The molecular formula is C20H21F6O3S+. The van der Waals surface area contributed by atoms with Crippen LogP contribution in [0.4, 0.5) is 26.3 Å². The standard InChI is InChI=1S/C20H21F6O3S/c21-19(22,23)18(27,20(24,25)26)13-28-9-10-29-16-7-8-17(30-11-3-4-12-30)15-6-2-1-5-14(15)16/h1-2,5-8,27H,3-4,9-13H2/q+1. The highest BCUT2D eigenvalue weighted by molar-refractivity contribution is 7.97. The predicted octanol–water partition coefficient (Wildman–Crippen LogP) is 4.86.